The third kappa shape index (κ3) is 2.22. The molecule has 3 unspecified atom stereocenters. The Morgan fingerprint density at radius 3 is 2.85 bits per heavy atom. The Morgan fingerprint density at radius 1 is 1.38 bits per heavy atom. The average Bonchev–Trinajstić information content (AvgIpc) is 2.53. The van der Waals surface area contributed by atoms with Crippen LogP contribution in [0.5, 0.6) is 0 Å². The van der Waals surface area contributed by atoms with Gasteiger partial charge in [0.05, 0.1) is 6.61 Å². The van der Waals surface area contributed by atoms with Gasteiger partial charge in [-0.15, -0.1) is 0 Å². The summed E-state index contributed by atoms with van der Waals surface area (Å²) in [6, 6.07) is 1.03. The summed E-state index contributed by atoms with van der Waals surface area (Å²) >= 11 is 0. The molecule has 0 radical (unpaired) electrons. The third-order valence-electron chi connectivity index (χ3n) is 3.14. The van der Waals surface area contributed by atoms with Crippen molar-refractivity contribution in [2.75, 3.05) is 26.3 Å². The Hall–Kier alpha value is -0.120. The van der Waals surface area contributed by atoms with E-state index in [1.807, 2.05) is 0 Å². The molecule has 3 heteroatoms. The standard InChI is InChI=1S/C10H20N2O/c1-8-4-9(11)6-12(5-8)10-2-3-13-7-10/h8-10H,2-7,11H2,1H3. The van der Waals surface area contributed by atoms with Crippen molar-refractivity contribution in [3.63, 3.8) is 0 Å². The Morgan fingerprint density at radius 2 is 2.23 bits per heavy atom. The molecule has 2 heterocycles. The van der Waals surface area contributed by atoms with E-state index < -0.39 is 0 Å². The number of ether oxygens (including phenoxy) is 1. The molecule has 0 amide bonds. The SMILES string of the molecule is CC1CC(N)CN(C2CCOC2)C1. The molecule has 0 aromatic rings. The molecular formula is C10H20N2O. The van der Waals surface area contributed by atoms with Crippen molar-refractivity contribution in [3.8, 4) is 0 Å². The van der Waals surface area contributed by atoms with Crippen molar-refractivity contribution in [1.29, 1.82) is 0 Å². The summed E-state index contributed by atoms with van der Waals surface area (Å²) in [7, 11) is 0. The van der Waals surface area contributed by atoms with E-state index in [4.69, 9.17) is 10.5 Å². The maximum Gasteiger partial charge on any atom is 0.0622 e. The summed E-state index contributed by atoms with van der Waals surface area (Å²) in [4.78, 5) is 2.52. The van der Waals surface area contributed by atoms with Gasteiger partial charge in [-0.3, -0.25) is 4.90 Å². The van der Waals surface area contributed by atoms with Gasteiger partial charge in [0.2, 0.25) is 0 Å². The molecular weight excluding hydrogens is 164 g/mol. The van der Waals surface area contributed by atoms with Crippen molar-refractivity contribution in [1.82, 2.24) is 4.90 Å². The van der Waals surface area contributed by atoms with Crippen molar-refractivity contribution < 1.29 is 4.74 Å². The van der Waals surface area contributed by atoms with Crippen LogP contribution in [-0.4, -0.2) is 43.3 Å². The lowest BCUT2D eigenvalue weighted by molar-refractivity contribution is 0.0979. The Labute approximate surface area is 80.2 Å². The number of hydrogen-bond acceptors (Lipinski definition) is 3. The van der Waals surface area contributed by atoms with E-state index >= 15 is 0 Å². The zero-order valence-electron chi connectivity index (χ0n) is 8.41. The Kier molecular flexibility index (Phi) is 2.86. The van der Waals surface area contributed by atoms with Crippen molar-refractivity contribution in [3.05, 3.63) is 0 Å². The lowest BCUT2D eigenvalue weighted by Crippen LogP contribution is -2.50. The van der Waals surface area contributed by atoms with Crippen LogP contribution in [0.15, 0.2) is 0 Å². The normalized spacial score (nSPS) is 42.5. The monoisotopic (exact) mass is 184 g/mol. The number of nitrogens with two attached hydrogens (primary N) is 1. The highest BCUT2D eigenvalue weighted by Crippen LogP contribution is 2.21. The first-order valence-electron chi connectivity index (χ1n) is 5.33. The van der Waals surface area contributed by atoms with Gasteiger partial charge in [0.1, 0.15) is 0 Å². The van der Waals surface area contributed by atoms with Gasteiger partial charge in [-0.2, -0.15) is 0 Å². The number of hydrogen-bond donors (Lipinski definition) is 1. The minimum atomic E-state index is 0.379. The molecule has 13 heavy (non-hydrogen) atoms. The second-order valence-corrected chi connectivity index (χ2v) is 4.57. The summed E-state index contributed by atoms with van der Waals surface area (Å²) in [5.74, 6) is 0.754. The van der Waals surface area contributed by atoms with Gasteiger partial charge in [0.25, 0.3) is 0 Å². The van der Waals surface area contributed by atoms with Gasteiger partial charge in [-0.05, 0) is 18.8 Å². The lowest BCUT2D eigenvalue weighted by atomic mass is 9.95. The van der Waals surface area contributed by atoms with Crippen molar-refractivity contribution >= 4 is 0 Å². The molecule has 76 valence electrons. The number of rotatable bonds is 1. The Balaban J connectivity index is 1.90. The van der Waals surface area contributed by atoms with Gasteiger partial charge in [0.15, 0.2) is 0 Å². The van der Waals surface area contributed by atoms with Crippen LogP contribution in [0, 0.1) is 5.92 Å². The molecule has 0 aliphatic carbocycles. The molecule has 0 bridgehead atoms. The maximum atomic E-state index is 6.00. The third-order valence-corrected chi connectivity index (χ3v) is 3.14. The highest BCUT2D eigenvalue weighted by Gasteiger charge is 2.29. The first kappa shape index (κ1) is 9.44. The number of piperidine rings is 1. The fourth-order valence-electron chi connectivity index (χ4n) is 2.55. The molecule has 3 atom stereocenters. The lowest BCUT2D eigenvalue weighted by Gasteiger charge is -2.37. The average molecular weight is 184 g/mol. The molecule has 2 saturated heterocycles. The summed E-state index contributed by atoms with van der Waals surface area (Å²) < 4.78 is 5.40. The van der Waals surface area contributed by atoms with E-state index in [9.17, 15) is 0 Å². The summed E-state index contributed by atoms with van der Waals surface area (Å²) in [6.45, 7) is 6.42. The minimum absolute atomic E-state index is 0.379. The second-order valence-electron chi connectivity index (χ2n) is 4.57. The summed E-state index contributed by atoms with van der Waals surface area (Å²) in [6.07, 6.45) is 2.38. The van der Waals surface area contributed by atoms with Crippen LogP contribution in [-0.2, 0) is 4.74 Å². The van der Waals surface area contributed by atoms with Gasteiger partial charge in [-0.25, -0.2) is 0 Å². The molecule has 2 N–H and O–H groups in total. The van der Waals surface area contributed by atoms with Gasteiger partial charge < -0.3 is 10.5 Å². The summed E-state index contributed by atoms with van der Waals surface area (Å²) in [5, 5.41) is 0. The predicted molar refractivity (Wildman–Crippen MR) is 52.6 cm³/mol. The maximum absolute atomic E-state index is 6.00. The first-order valence-corrected chi connectivity index (χ1v) is 5.33. The van der Waals surface area contributed by atoms with Crippen LogP contribution in [0.25, 0.3) is 0 Å². The van der Waals surface area contributed by atoms with Crippen LogP contribution in [0.4, 0.5) is 0 Å². The van der Waals surface area contributed by atoms with E-state index in [1.54, 1.807) is 0 Å². The first-order chi connectivity index (χ1) is 6.25. The minimum Gasteiger partial charge on any atom is -0.380 e. The van der Waals surface area contributed by atoms with Crippen LogP contribution < -0.4 is 5.73 Å². The fraction of sp³-hybridized carbons (Fsp3) is 1.00. The molecule has 0 aromatic carbocycles. The number of nitrogens with zero attached hydrogens (tertiary/aromatic N) is 1. The van der Waals surface area contributed by atoms with Gasteiger partial charge in [0, 0.05) is 31.8 Å². The predicted octanol–water partition coefficient (Wildman–Crippen LogP) is 0.444. The van der Waals surface area contributed by atoms with E-state index in [0.717, 1.165) is 25.7 Å². The van der Waals surface area contributed by atoms with Crippen LogP contribution >= 0.6 is 0 Å². The van der Waals surface area contributed by atoms with E-state index in [2.05, 4.69) is 11.8 Å². The summed E-state index contributed by atoms with van der Waals surface area (Å²) in [5.41, 5.74) is 6.00. The smallest absolute Gasteiger partial charge is 0.0622 e. The topological polar surface area (TPSA) is 38.5 Å². The van der Waals surface area contributed by atoms with Gasteiger partial charge in [-0.1, -0.05) is 6.92 Å². The zero-order valence-corrected chi connectivity index (χ0v) is 8.41. The molecule has 0 spiro atoms. The second kappa shape index (κ2) is 3.95. The van der Waals surface area contributed by atoms with E-state index in [1.165, 1.54) is 19.4 Å². The quantitative estimate of drug-likeness (QED) is 0.643. The number of likely N-dealkylation sites (tertiary alicyclic amines) is 1. The van der Waals surface area contributed by atoms with E-state index in [0.29, 0.717) is 12.1 Å². The van der Waals surface area contributed by atoms with Crippen molar-refractivity contribution in [2.45, 2.75) is 31.8 Å². The van der Waals surface area contributed by atoms with Crippen LogP contribution in [0.1, 0.15) is 19.8 Å². The van der Waals surface area contributed by atoms with Crippen LogP contribution in [0.3, 0.4) is 0 Å². The van der Waals surface area contributed by atoms with E-state index in [-0.39, 0.29) is 0 Å². The molecule has 2 aliphatic rings. The molecule has 2 aliphatic heterocycles. The van der Waals surface area contributed by atoms with Gasteiger partial charge >= 0.3 is 0 Å². The van der Waals surface area contributed by atoms with Crippen LogP contribution in [0.2, 0.25) is 0 Å². The highest BCUT2D eigenvalue weighted by atomic mass is 16.5. The molecule has 2 fully saturated rings. The zero-order chi connectivity index (χ0) is 9.26. The molecule has 0 aromatic heterocycles. The van der Waals surface area contributed by atoms with Crippen molar-refractivity contribution in [2.24, 2.45) is 11.7 Å². The Bertz CT molecular complexity index is 158. The molecule has 3 nitrogen and oxygen atoms in total. The highest BCUT2D eigenvalue weighted by molar-refractivity contribution is 4.85. The largest absolute Gasteiger partial charge is 0.380 e. The fourth-order valence-corrected chi connectivity index (χ4v) is 2.55. The molecule has 2 rings (SSSR count). The molecule has 0 saturated carbocycles.